The maximum absolute atomic E-state index is 12.6. The molecule has 1 saturated heterocycles. The molecule has 8 nitrogen and oxygen atoms in total. The van der Waals surface area contributed by atoms with Gasteiger partial charge in [-0.15, -0.1) is 18.3 Å². The van der Waals surface area contributed by atoms with Gasteiger partial charge in [-0.05, 0) is 47.1 Å². The largest absolute Gasteiger partial charge is 0.478 e. The zero-order valence-electron chi connectivity index (χ0n) is 21.4. The van der Waals surface area contributed by atoms with E-state index in [1.165, 1.54) is 30.0 Å². The van der Waals surface area contributed by atoms with Crippen LogP contribution in [-0.2, 0) is 9.53 Å². The first-order valence-electron chi connectivity index (χ1n) is 12.6. The summed E-state index contributed by atoms with van der Waals surface area (Å²) in [5.74, 6) is -5.56. The van der Waals surface area contributed by atoms with Crippen LogP contribution in [0.4, 0.5) is 0 Å². The number of carbonyl (C=O) groups excluding carboxylic acids is 1. The van der Waals surface area contributed by atoms with Crippen molar-refractivity contribution in [3.05, 3.63) is 119 Å². The van der Waals surface area contributed by atoms with E-state index in [-0.39, 0.29) is 16.7 Å². The van der Waals surface area contributed by atoms with Crippen LogP contribution in [0.3, 0.4) is 0 Å². The second-order valence-electron chi connectivity index (χ2n) is 9.31. The highest BCUT2D eigenvalue weighted by Crippen LogP contribution is 2.55. The predicted molar refractivity (Wildman–Crippen MR) is 150 cm³/mol. The average Bonchev–Trinajstić information content (AvgIpc) is 2.96. The molecule has 0 aliphatic carbocycles. The van der Waals surface area contributed by atoms with Gasteiger partial charge >= 0.3 is 17.9 Å². The summed E-state index contributed by atoms with van der Waals surface area (Å²) >= 11 is 1.38. The van der Waals surface area contributed by atoms with E-state index in [1.54, 1.807) is 60.7 Å². The van der Waals surface area contributed by atoms with Gasteiger partial charge in [0, 0.05) is 17.8 Å². The molecule has 1 aliphatic heterocycles. The van der Waals surface area contributed by atoms with Crippen molar-refractivity contribution in [1.82, 2.24) is 0 Å². The number of ether oxygens (including phenoxy) is 1. The molecule has 1 heterocycles. The van der Waals surface area contributed by atoms with Gasteiger partial charge in [-0.2, -0.15) is 0 Å². The molecule has 40 heavy (non-hydrogen) atoms. The number of thioether (sulfide) groups is 1. The molecule has 0 aromatic heterocycles. The van der Waals surface area contributed by atoms with Crippen molar-refractivity contribution in [3.8, 4) is 0 Å². The summed E-state index contributed by atoms with van der Waals surface area (Å²) in [5, 5.41) is 30.3. The summed E-state index contributed by atoms with van der Waals surface area (Å²) in [5.41, 5.74) is 0.236. The molecule has 206 valence electrons. The van der Waals surface area contributed by atoms with Gasteiger partial charge in [0.1, 0.15) is 17.8 Å². The Labute approximate surface area is 235 Å². The SMILES string of the molecule is C=CCCS[C@H]1O[C@H](C=O)[C@@H](c2ccccc2C(=O)O)[C@H](c2ccccc2C(=O)O)[C@@H]1c1ccccc1C(=O)O. The molecule has 0 radical (unpaired) electrons. The molecular formula is C31H28O8S. The molecule has 0 bridgehead atoms. The summed E-state index contributed by atoms with van der Waals surface area (Å²) in [7, 11) is 0. The molecule has 0 unspecified atom stereocenters. The van der Waals surface area contributed by atoms with E-state index in [1.807, 2.05) is 0 Å². The van der Waals surface area contributed by atoms with Gasteiger partial charge in [-0.3, -0.25) is 0 Å². The van der Waals surface area contributed by atoms with E-state index in [2.05, 4.69) is 6.58 Å². The number of aldehydes is 1. The lowest BCUT2D eigenvalue weighted by Gasteiger charge is -2.47. The van der Waals surface area contributed by atoms with E-state index in [0.717, 1.165) is 0 Å². The molecule has 1 fully saturated rings. The van der Waals surface area contributed by atoms with Gasteiger partial charge in [-0.1, -0.05) is 60.7 Å². The molecular weight excluding hydrogens is 532 g/mol. The standard InChI is InChI=1S/C31H28O8S/c1-2-3-16-40-31-27(20-12-6-9-15-23(20)30(37)38)26(19-11-5-8-14-22(19)29(35)36)25(24(17-32)39-31)18-10-4-7-13-21(18)28(33)34/h2,4-15,17,24-27,31H,1,3,16H2,(H,33,34)(H,35,36)(H,37,38)/t24-,25-,26+,27+,31-/m1/s1. The predicted octanol–water partition coefficient (Wildman–Crippen LogP) is 5.67. The Balaban J connectivity index is 2.08. The van der Waals surface area contributed by atoms with Crippen molar-refractivity contribution in [2.45, 2.75) is 35.7 Å². The number of aromatic carboxylic acids is 3. The van der Waals surface area contributed by atoms with E-state index in [4.69, 9.17) is 4.74 Å². The molecule has 0 spiro atoms. The smallest absolute Gasteiger partial charge is 0.335 e. The fourth-order valence-corrected chi connectivity index (χ4v) is 6.76. The van der Waals surface area contributed by atoms with Gasteiger partial charge in [0.15, 0.2) is 0 Å². The zero-order valence-corrected chi connectivity index (χ0v) is 22.2. The number of rotatable bonds is 11. The van der Waals surface area contributed by atoms with Crippen LogP contribution in [0.5, 0.6) is 0 Å². The summed E-state index contributed by atoms with van der Waals surface area (Å²) in [6, 6.07) is 19.0. The second-order valence-corrected chi connectivity index (χ2v) is 10.5. The van der Waals surface area contributed by atoms with Crippen molar-refractivity contribution in [1.29, 1.82) is 0 Å². The number of allylic oxidation sites excluding steroid dienone is 1. The Kier molecular flexibility index (Phi) is 9.19. The Morgan fingerprint density at radius 1 is 0.725 bits per heavy atom. The Morgan fingerprint density at radius 3 is 1.57 bits per heavy atom. The maximum atomic E-state index is 12.6. The van der Waals surface area contributed by atoms with Crippen molar-refractivity contribution >= 4 is 36.0 Å². The fourth-order valence-electron chi connectivity index (χ4n) is 5.49. The van der Waals surface area contributed by atoms with Crippen LogP contribution in [0.1, 0.15) is 71.9 Å². The van der Waals surface area contributed by atoms with E-state index >= 15 is 0 Å². The summed E-state index contributed by atoms with van der Waals surface area (Å²) in [6.45, 7) is 3.75. The van der Waals surface area contributed by atoms with Gasteiger partial charge in [0.2, 0.25) is 0 Å². The number of benzene rings is 3. The third kappa shape index (κ3) is 5.71. The normalized spacial score (nSPS) is 22.2. The Bertz CT molecular complexity index is 1430. The summed E-state index contributed by atoms with van der Waals surface area (Å²) < 4.78 is 6.37. The monoisotopic (exact) mass is 560 g/mol. The molecule has 3 aromatic rings. The molecule has 3 N–H and O–H groups in total. The lowest BCUT2D eigenvalue weighted by Crippen LogP contribution is -2.45. The van der Waals surface area contributed by atoms with E-state index < -0.39 is 47.2 Å². The molecule has 4 rings (SSSR count). The van der Waals surface area contributed by atoms with Crippen LogP contribution >= 0.6 is 11.8 Å². The third-order valence-corrected chi connectivity index (χ3v) is 8.31. The number of carbonyl (C=O) groups is 4. The van der Waals surface area contributed by atoms with Crippen molar-refractivity contribution in [3.63, 3.8) is 0 Å². The van der Waals surface area contributed by atoms with E-state index in [9.17, 15) is 34.5 Å². The van der Waals surface area contributed by atoms with Crippen LogP contribution in [0, 0.1) is 0 Å². The van der Waals surface area contributed by atoms with Crippen molar-refractivity contribution in [2.24, 2.45) is 0 Å². The molecule has 9 heteroatoms. The topological polar surface area (TPSA) is 138 Å². The number of carboxylic acid groups (broad SMARTS) is 3. The Hall–Kier alpha value is -4.21. The minimum atomic E-state index is -1.21. The minimum Gasteiger partial charge on any atom is -0.478 e. The molecule has 1 aliphatic rings. The first-order chi connectivity index (χ1) is 19.3. The van der Waals surface area contributed by atoms with Gasteiger partial charge in [0.25, 0.3) is 0 Å². The summed E-state index contributed by atoms with van der Waals surface area (Å²) in [6.07, 6.45) is 1.82. The van der Waals surface area contributed by atoms with Crippen LogP contribution in [0.15, 0.2) is 85.5 Å². The molecule has 3 aromatic carbocycles. The highest BCUT2D eigenvalue weighted by molar-refractivity contribution is 7.99. The highest BCUT2D eigenvalue weighted by Gasteiger charge is 2.50. The quantitative estimate of drug-likeness (QED) is 0.154. The number of hydrogen-bond acceptors (Lipinski definition) is 6. The van der Waals surface area contributed by atoms with Gasteiger partial charge < -0.3 is 24.9 Å². The average molecular weight is 561 g/mol. The minimum absolute atomic E-state index is 0.0121. The van der Waals surface area contributed by atoms with Gasteiger partial charge in [-0.25, -0.2) is 14.4 Å². The van der Waals surface area contributed by atoms with Crippen LogP contribution in [0.25, 0.3) is 0 Å². The van der Waals surface area contributed by atoms with E-state index in [0.29, 0.717) is 35.2 Å². The summed E-state index contributed by atoms with van der Waals surface area (Å²) in [4.78, 5) is 49.7. The number of hydrogen-bond donors (Lipinski definition) is 3. The maximum Gasteiger partial charge on any atom is 0.335 e. The highest BCUT2D eigenvalue weighted by atomic mass is 32.2. The number of carboxylic acids is 3. The van der Waals surface area contributed by atoms with Crippen molar-refractivity contribution < 1.29 is 39.2 Å². The zero-order chi connectivity index (χ0) is 28.8. The van der Waals surface area contributed by atoms with Crippen LogP contribution < -0.4 is 0 Å². The lowest BCUT2D eigenvalue weighted by atomic mass is 9.66. The van der Waals surface area contributed by atoms with Crippen LogP contribution in [-0.4, -0.2) is 56.8 Å². The lowest BCUT2D eigenvalue weighted by molar-refractivity contribution is -0.126. The first-order valence-corrected chi connectivity index (χ1v) is 13.6. The Morgan fingerprint density at radius 2 is 1.15 bits per heavy atom. The molecule has 5 atom stereocenters. The van der Waals surface area contributed by atoms with Crippen molar-refractivity contribution in [2.75, 3.05) is 5.75 Å². The second kappa shape index (κ2) is 12.8. The van der Waals surface area contributed by atoms with Crippen LogP contribution in [0.2, 0.25) is 0 Å². The first kappa shape index (κ1) is 28.8. The van der Waals surface area contributed by atoms with Gasteiger partial charge in [0.05, 0.1) is 16.7 Å². The molecule has 0 saturated carbocycles. The molecule has 0 amide bonds. The fraction of sp³-hybridized carbons (Fsp3) is 0.226. The third-order valence-electron chi connectivity index (χ3n) is 7.10.